The molecule has 0 spiro atoms. The van der Waals surface area contributed by atoms with Gasteiger partial charge in [0, 0.05) is 32.5 Å². The van der Waals surface area contributed by atoms with Gasteiger partial charge in [0.25, 0.3) is 0 Å². The van der Waals surface area contributed by atoms with E-state index in [1.54, 1.807) is 12.1 Å². The Kier molecular flexibility index (Phi) is 5.91. The zero-order valence-electron chi connectivity index (χ0n) is 17.0. The minimum atomic E-state index is -3.56. The van der Waals surface area contributed by atoms with E-state index in [9.17, 15) is 13.2 Å². The number of nitrogens with zero attached hydrogens (tertiary/aromatic N) is 2. The minimum absolute atomic E-state index is 0.135. The summed E-state index contributed by atoms with van der Waals surface area (Å²) in [4.78, 5) is 14.8. The molecule has 0 bridgehead atoms. The van der Waals surface area contributed by atoms with Crippen molar-refractivity contribution in [2.24, 2.45) is 0 Å². The summed E-state index contributed by atoms with van der Waals surface area (Å²) in [6, 6.07) is 19.9. The topological polar surface area (TPSA) is 69.7 Å². The average Bonchev–Trinajstić information content (AvgIpc) is 2.72. The summed E-state index contributed by atoms with van der Waals surface area (Å²) in [6.07, 6.45) is 0. The number of fused-ring (bicyclic) bond motifs is 1. The van der Waals surface area contributed by atoms with Crippen molar-refractivity contribution in [3.8, 4) is 0 Å². The lowest BCUT2D eigenvalue weighted by atomic mass is 10.1. The van der Waals surface area contributed by atoms with E-state index in [0.717, 1.165) is 20.8 Å². The molecule has 1 N–H and O–H groups in total. The predicted octanol–water partition coefficient (Wildman–Crippen LogP) is 3.55. The SMILES string of the molecule is CC(C(=O)Nc1cccc(S(=O)(=O)N(C)C)c1)N(C)c1ccc2ccccc2c1. The lowest BCUT2D eigenvalue weighted by Gasteiger charge is -2.26. The van der Waals surface area contributed by atoms with Gasteiger partial charge in [-0.3, -0.25) is 4.79 Å². The molecular formula is C22H25N3O3S. The van der Waals surface area contributed by atoms with Crippen LogP contribution in [0.3, 0.4) is 0 Å². The van der Waals surface area contributed by atoms with E-state index in [0.29, 0.717) is 5.69 Å². The van der Waals surface area contributed by atoms with Gasteiger partial charge < -0.3 is 10.2 Å². The van der Waals surface area contributed by atoms with Crippen LogP contribution in [0.25, 0.3) is 10.8 Å². The van der Waals surface area contributed by atoms with Crippen LogP contribution < -0.4 is 10.2 Å². The number of carbonyl (C=O) groups is 1. The number of amides is 1. The van der Waals surface area contributed by atoms with Crippen molar-refractivity contribution in [2.45, 2.75) is 17.9 Å². The smallest absolute Gasteiger partial charge is 0.246 e. The Labute approximate surface area is 171 Å². The standard InChI is InChI=1S/C22H25N3O3S/c1-16(25(4)20-13-12-17-8-5-6-9-18(17)14-20)22(26)23-19-10-7-11-21(15-19)29(27,28)24(2)3/h5-16H,1-4H3,(H,23,26). The molecule has 29 heavy (non-hydrogen) atoms. The summed E-state index contributed by atoms with van der Waals surface area (Å²) in [7, 11) is 1.25. The Bertz CT molecular complexity index is 1140. The van der Waals surface area contributed by atoms with E-state index in [4.69, 9.17) is 0 Å². The van der Waals surface area contributed by atoms with Crippen molar-refractivity contribution < 1.29 is 13.2 Å². The van der Waals surface area contributed by atoms with E-state index >= 15 is 0 Å². The summed E-state index contributed by atoms with van der Waals surface area (Å²) < 4.78 is 25.8. The van der Waals surface area contributed by atoms with Gasteiger partial charge in [-0.05, 0) is 48.0 Å². The molecular weight excluding hydrogens is 386 g/mol. The third kappa shape index (κ3) is 4.41. The number of hydrogen-bond donors (Lipinski definition) is 1. The first-order chi connectivity index (χ1) is 13.7. The largest absolute Gasteiger partial charge is 0.363 e. The van der Waals surface area contributed by atoms with Crippen LogP contribution in [0.15, 0.2) is 71.6 Å². The second-order valence-electron chi connectivity index (χ2n) is 7.12. The fourth-order valence-corrected chi connectivity index (χ4v) is 3.94. The number of hydrogen-bond acceptors (Lipinski definition) is 4. The van der Waals surface area contributed by atoms with Crippen LogP contribution in [0.1, 0.15) is 6.92 Å². The van der Waals surface area contributed by atoms with Gasteiger partial charge in [0.05, 0.1) is 4.90 Å². The van der Waals surface area contributed by atoms with E-state index < -0.39 is 16.1 Å². The van der Waals surface area contributed by atoms with Gasteiger partial charge in [0.1, 0.15) is 6.04 Å². The third-order valence-corrected chi connectivity index (χ3v) is 6.79. The van der Waals surface area contributed by atoms with Crippen LogP contribution in [-0.4, -0.2) is 45.8 Å². The number of nitrogens with one attached hydrogen (secondary N) is 1. The fraction of sp³-hybridized carbons (Fsp3) is 0.227. The molecule has 0 aromatic heterocycles. The Morgan fingerprint density at radius 2 is 1.59 bits per heavy atom. The lowest BCUT2D eigenvalue weighted by molar-refractivity contribution is -0.117. The highest BCUT2D eigenvalue weighted by Crippen LogP contribution is 2.23. The van der Waals surface area contributed by atoms with Gasteiger partial charge in [-0.2, -0.15) is 0 Å². The summed E-state index contributed by atoms with van der Waals surface area (Å²) in [5.41, 5.74) is 1.37. The first-order valence-electron chi connectivity index (χ1n) is 9.25. The summed E-state index contributed by atoms with van der Waals surface area (Å²) in [5.74, 6) is -0.222. The molecule has 3 aromatic carbocycles. The van der Waals surface area contributed by atoms with Crippen molar-refractivity contribution in [1.82, 2.24) is 4.31 Å². The number of rotatable bonds is 6. The highest BCUT2D eigenvalue weighted by molar-refractivity contribution is 7.89. The van der Waals surface area contributed by atoms with Gasteiger partial charge in [0.15, 0.2) is 0 Å². The highest BCUT2D eigenvalue weighted by atomic mass is 32.2. The van der Waals surface area contributed by atoms with Crippen molar-refractivity contribution in [1.29, 1.82) is 0 Å². The molecule has 0 saturated heterocycles. The molecule has 0 heterocycles. The molecule has 0 aliphatic heterocycles. The fourth-order valence-electron chi connectivity index (χ4n) is 2.99. The minimum Gasteiger partial charge on any atom is -0.363 e. The Balaban J connectivity index is 1.78. The zero-order chi connectivity index (χ0) is 21.2. The Morgan fingerprint density at radius 1 is 0.897 bits per heavy atom. The zero-order valence-corrected chi connectivity index (χ0v) is 17.8. The predicted molar refractivity (Wildman–Crippen MR) is 118 cm³/mol. The van der Waals surface area contributed by atoms with Crippen LogP contribution in [-0.2, 0) is 14.8 Å². The third-order valence-electron chi connectivity index (χ3n) is 4.98. The lowest BCUT2D eigenvalue weighted by Crippen LogP contribution is -2.39. The molecule has 7 heteroatoms. The van der Waals surface area contributed by atoms with Gasteiger partial charge in [0.2, 0.25) is 15.9 Å². The molecule has 3 aromatic rings. The molecule has 1 unspecified atom stereocenters. The van der Waals surface area contributed by atoms with Crippen LogP contribution in [0, 0.1) is 0 Å². The highest BCUT2D eigenvalue weighted by Gasteiger charge is 2.21. The first-order valence-corrected chi connectivity index (χ1v) is 10.7. The van der Waals surface area contributed by atoms with E-state index in [2.05, 4.69) is 5.32 Å². The van der Waals surface area contributed by atoms with Gasteiger partial charge in [-0.1, -0.05) is 36.4 Å². The molecule has 6 nitrogen and oxygen atoms in total. The summed E-state index contributed by atoms with van der Waals surface area (Å²) in [5, 5.41) is 5.06. The van der Waals surface area contributed by atoms with Crippen molar-refractivity contribution >= 4 is 38.1 Å². The van der Waals surface area contributed by atoms with Crippen molar-refractivity contribution in [2.75, 3.05) is 31.4 Å². The van der Waals surface area contributed by atoms with Gasteiger partial charge in [-0.25, -0.2) is 12.7 Å². The quantitative estimate of drug-likeness (QED) is 0.673. The van der Waals surface area contributed by atoms with E-state index in [1.165, 1.54) is 26.2 Å². The van der Waals surface area contributed by atoms with Crippen molar-refractivity contribution in [3.63, 3.8) is 0 Å². The maximum absolute atomic E-state index is 12.8. The first kappa shape index (κ1) is 20.8. The van der Waals surface area contributed by atoms with E-state index in [1.807, 2.05) is 61.3 Å². The van der Waals surface area contributed by atoms with Crippen LogP contribution in [0.4, 0.5) is 11.4 Å². The number of carbonyl (C=O) groups excluding carboxylic acids is 1. The molecule has 1 atom stereocenters. The Morgan fingerprint density at radius 3 is 2.28 bits per heavy atom. The maximum Gasteiger partial charge on any atom is 0.246 e. The molecule has 152 valence electrons. The molecule has 0 radical (unpaired) electrons. The number of anilines is 2. The van der Waals surface area contributed by atoms with Crippen molar-refractivity contribution in [3.05, 3.63) is 66.7 Å². The molecule has 0 aliphatic carbocycles. The second-order valence-corrected chi connectivity index (χ2v) is 9.27. The van der Waals surface area contributed by atoms with Crippen LogP contribution in [0.5, 0.6) is 0 Å². The molecule has 1 amide bonds. The van der Waals surface area contributed by atoms with Gasteiger partial charge >= 0.3 is 0 Å². The molecule has 0 aliphatic rings. The van der Waals surface area contributed by atoms with Crippen LogP contribution in [0.2, 0.25) is 0 Å². The summed E-state index contributed by atoms with van der Waals surface area (Å²) >= 11 is 0. The maximum atomic E-state index is 12.8. The normalized spacial score (nSPS) is 12.7. The van der Waals surface area contributed by atoms with E-state index in [-0.39, 0.29) is 10.8 Å². The molecule has 0 fully saturated rings. The number of likely N-dealkylation sites (N-methyl/N-ethyl adjacent to an activating group) is 1. The van der Waals surface area contributed by atoms with Crippen LogP contribution >= 0.6 is 0 Å². The van der Waals surface area contributed by atoms with Gasteiger partial charge in [-0.15, -0.1) is 0 Å². The monoisotopic (exact) mass is 411 g/mol. The molecule has 0 saturated carbocycles. The average molecular weight is 412 g/mol. The molecule has 3 rings (SSSR count). The number of sulfonamides is 1. The summed E-state index contributed by atoms with van der Waals surface area (Å²) in [6.45, 7) is 1.81. The number of benzene rings is 3. The second kappa shape index (κ2) is 8.23. The Hall–Kier alpha value is -2.90.